The van der Waals surface area contributed by atoms with Crippen LogP contribution in [-0.4, -0.2) is 24.7 Å². The zero-order valence-corrected chi connectivity index (χ0v) is 10.6. The van der Waals surface area contributed by atoms with Crippen LogP contribution in [0.2, 0.25) is 0 Å². The van der Waals surface area contributed by atoms with Crippen LogP contribution in [0.25, 0.3) is 0 Å². The second-order valence-corrected chi connectivity index (χ2v) is 3.36. The third kappa shape index (κ3) is 7.27. The molecule has 0 aliphatic rings. The number of carbonyl (C=O) groups excluding carboxylic acids is 1. The molecule has 0 fully saturated rings. The Balaban J connectivity index is 0.000000873. The molecule has 0 saturated heterocycles. The highest BCUT2D eigenvalue weighted by Gasteiger charge is 2.01. The van der Waals surface area contributed by atoms with Crippen molar-refractivity contribution < 1.29 is 24.2 Å². The van der Waals surface area contributed by atoms with Crippen molar-refractivity contribution in [2.45, 2.75) is 26.4 Å². The molecule has 0 amide bonds. The lowest BCUT2D eigenvalue weighted by atomic mass is 10.2. The van der Waals surface area contributed by atoms with Crippen molar-refractivity contribution in [3.8, 4) is 5.75 Å². The summed E-state index contributed by atoms with van der Waals surface area (Å²) in [5.74, 6) is 0.659. The largest absolute Gasteiger partial charge is 0.497 e. The van der Waals surface area contributed by atoms with E-state index in [1.165, 1.54) is 0 Å². The lowest BCUT2D eigenvalue weighted by molar-refractivity contribution is -0.145. The van der Waals surface area contributed by atoms with Gasteiger partial charge in [-0.25, -0.2) is 0 Å². The molecular formula is C13H18O5. The number of ether oxygens (including phenoxy) is 2. The number of esters is 1. The van der Waals surface area contributed by atoms with E-state index in [9.17, 15) is 4.79 Å². The van der Waals surface area contributed by atoms with E-state index < -0.39 is 0 Å². The van der Waals surface area contributed by atoms with Crippen LogP contribution in [0, 0.1) is 0 Å². The molecule has 0 spiro atoms. The van der Waals surface area contributed by atoms with Crippen molar-refractivity contribution in [2.75, 3.05) is 7.11 Å². The first-order valence-corrected chi connectivity index (χ1v) is 5.54. The summed E-state index contributed by atoms with van der Waals surface area (Å²) in [6.45, 7) is 2.04. The topological polar surface area (TPSA) is 72.8 Å². The fourth-order valence-corrected chi connectivity index (χ4v) is 1.16. The summed E-state index contributed by atoms with van der Waals surface area (Å²) in [6.07, 6.45) is 1.30. The standard InChI is InChI=1S/C12H16O3.CH2O2/c1-3-4-12(13)15-9-10-5-7-11(14-2)8-6-10;2-1-3/h5-8H,3-4,9H2,1-2H3;1H,(H,2,3). The van der Waals surface area contributed by atoms with E-state index in [1.807, 2.05) is 31.2 Å². The zero-order chi connectivity index (χ0) is 13.8. The summed E-state index contributed by atoms with van der Waals surface area (Å²) >= 11 is 0. The normalized spacial score (nSPS) is 8.78. The summed E-state index contributed by atoms with van der Waals surface area (Å²) in [7, 11) is 1.62. The third-order valence-corrected chi connectivity index (χ3v) is 2.01. The average Bonchev–Trinajstić information content (AvgIpc) is 2.38. The third-order valence-electron chi connectivity index (χ3n) is 2.01. The first-order valence-electron chi connectivity index (χ1n) is 5.54. The molecular weight excluding hydrogens is 236 g/mol. The van der Waals surface area contributed by atoms with Gasteiger partial charge in [-0.15, -0.1) is 0 Å². The molecule has 100 valence electrons. The Morgan fingerprint density at radius 2 is 1.89 bits per heavy atom. The van der Waals surface area contributed by atoms with E-state index in [0.29, 0.717) is 13.0 Å². The van der Waals surface area contributed by atoms with Crippen molar-refractivity contribution in [3.63, 3.8) is 0 Å². The van der Waals surface area contributed by atoms with Gasteiger partial charge in [0.15, 0.2) is 0 Å². The summed E-state index contributed by atoms with van der Waals surface area (Å²) < 4.78 is 10.1. The van der Waals surface area contributed by atoms with E-state index in [4.69, 9.17) is 19.4 Å². The van der Waals surface area contributed by atoms with Gasteiger partial charge in [0.2, 0.25) is 0 Å². The molecule has 1 aromatic carbocycles. The van der Waals surface area contributed by atoms with Crippen LogP contribution in [0.3, 0.4) is 0 Å². The van der Waals surface area contributed by atoms with Gasteiger partial charge in [-0.1, -0.05) is 19.1 Å². The van der Waals surface area contributed by atoms with E-state index in [0.717, 1.165) is 17.7 Å². The molecule has 0 aliphatic heterocycles. The van der Waals surface area contributed by atoms with Crippen molar-refractivity contribution >= 4 is 12.4 Å². The van der Waals surface area contributed by atoms with Gasteiger partial charge in [0.05, 0.1) is 7.11 Å². The fraction of sp³-hybridized carbons (Fsp3) is 0.385. The minimum absolute atomic E-state index is 0.145. The average molecular weight is 254 g/mol. The summed E-state index contributed by atoms with van der Waals surface area (Å²) in [6, 6.07) is 7.47. The van der Waals surface area contributed by atoms with Crippen molar-refractivity contribution in [1.29, 1.82) is 0 Å². The first-order chi connectivity index (χ1) is 8.67. The molecule has 0 aliphatic carbocycles. The molecule has 18 heavy (non-hydrogen) atoms. The molecule has 1 N–H and O–H groups in total. The fourth-order valence-electron chi connectivity index (χ4n) is 1.16. The summed E-state index contributed by atoms with van der Waals surface area (Å²) in [5.41, 5.74) is 0.972. The molecule has 0 aromatic heterocycles. The molecule has 0 heterocycles. The predicted octanol–water partition coefficient (Wildman–Crippen LogP) is 2.24. The van der Waals surface area contributed by atoms with Crippen molar-refractivity contribution in [2.24, 2.45) is 0 Å². The molecule has 0 unspecified atom stereocenters. The van der Waals surface area contributed by atoms with E-state index in [-0.39, 0.29) is 12.4 Å². The number of hydrogen-bond donors (Lipinski definition) is 1. The van der Waals surface area contributed by atoms with Crippen LogP contribution >= 0.6 is 0 Å². The Labute approximate surface area is 106 Å². The first kappa shape index (κ1) is 16.0. The van der Waals surface area contributed by atoms with Crippen LogP contribution < -0.4 is 4.74 Å². The SMILES string of the molecule is CCCC(=O)OCc1ccc(OC)cc1.O=CO. The number of hydrogen-bond acceptors (Lipinski definition) is 4. The van der Waals surface area contributed by atoms with E-state index >= 15 is 0 Å². The molecule has 0 radical (unpaired) electrons. The molecule has 0 atom stereocenters. The van der Waals surface area contributed by atoms with Gasteiger partial charge >= 0.3 is 5.97 Å². The van der Waals surface area contributed by atoms with Crippen molar-refractivity contribution in [3.05, 3.63) is 29.8 Å². The van der Waals surface area contributed by atoms with Gasteiger partial charge in [0.1, 0.15) is 12.4 Å². The lowest BCUT2D eigenvalue weighted by Crippen LogP contribution is -2.03. The van der Waals surface area contributed by atoms with E-state index in [2.05, 4.69) is 0 Å². The minimum Gasteiger partial charge on any atom is -0.497 e. The van der Waals surface area contributed by atoms with Gasteiger partial charge in [-0.3, -0.25) is 9.59 Å². The van der Waals surface area contributed by atoms with Crippen LogP contribution in [0.1, 0.15) is 25.3 Å². The maximum atomic E-state index is 11.1. The van der Waals surface area contributed by atoms with Crippen LogP contribution in [0.4, 0.5) is 0 Å². The highest BCUT2D eigenvalue weighted by molar-refractivity contribution is 5.69. The minimum atomic E-state index is -0.250. The second kappa shape index (κ2) is 10.1. The van der Waals surface area contributed by atoms with Crippen LogP contribution in [0.15, 0.2) is 24.3 Å². The Hall–Kier alpha value is -2.04. The Kier molecular flexibility index (Phi) is 8.99. The number of carboxylic acid groups (broad SMARTS) is 1. The second-order valence-electron chi connectivity index (χ2n) is 3.36. The number of carbonyl (C=O) groups is 2. The van der Waals surface area contributed by atoms with Gasteiger partial charge in [0.25, 0.3) is 6.47 Å². The summed E-state index contributed by atoms with van der Waals surface area (Å²) in [5, 5.41) is 6.89. The number of benzene rings is 1. The Morgan fingerprint density at radius 3 is 2.33 bits per heavy atom. The maximum Gasteiger partial charge on any atom is 0.306 e. The lowest BCUT2D eigenvalue weighted by Gasteiger charge is -2.05. The van der Waals surface area contributed by atoms with Gasteiger partial charge < -0.3 is 14.6 Å². The zero-order valence-electron chi connectivity index (χ0n) is 10.6. The molecule has 1 rings (SSSR count). The number of methoxy groups -OCH3 is 1. The molecule has 5 heteroatoms. The molecule has 0 bridgehead atoms. The van der Waals surface area contributed by atoms with Crippen LogP contribution in [-0.2, 0) is 20.9 Å². The smallest absolute Gasteiger partial charge is 0.306 e. The monoisotopic (exact) mass is 254 g/mol. The Morgan fingerprint density at radius 1 is 1.33 bits per heavy atom. The van der Waals surface area contributed by atoms with Gasteiger partial charge in [0, 0.05) is 6.42 Å². The number of rotatable bonds is 5. The molecule has 1 aromatic rings. The predicted molar refractivity (Wildman–Crippen MR) is 66.4 cm³/mol. The van der Waals surface area contributed by atoms with Crippen LogP contribution in [0.5, 0.6) is 5.75 Å². The van der Waals surface area contributed by atoms with Gasteiger partial charge in [-0.2, -0.15) is 0 Å². The summed E-state index contributed by atoms with van der Waals surface area (Å²) in [4.78, 5) is 19.5. The van der Waals surface area contributed by atoms with E-state index in [1.54, 1.807) is 7.11 Å². The highest BCUT2D eigenvalue weighted by atomic mass is 16.5. The molecule has 0 saturated carbocycles. The van der Waals surface area contributed by atoms with Crippen molar-refractivity contribution in [1.82, 2.24) is 0 Å². The van der Waals surface area contributed by atoms with Gasteiger partial charge in [-0.05, 0) is 24.1 Å². The molecule has 5 nitrogen and oxygen atoms in total. The quantitative estimate of drug-likeness (QED) is 0.644. The maximum absolute atomic E-state index is 11.1. The Bertz CT molecular complexity index is 345. The highest BCUT2D eigenvalue weighted by Crippen LogP contribution is 2.12.